The van der Waals surface area contributed by atoms with E-state index in [0.717, 1.165) is 24.9 Å². The Hall–Kier alpha value is -2.10. The molecule has 0 N–H and O–H groups in total. The molecule has 0 atom stereocenters. The number of esters is 1. The summed E-state index contributed by atoms with van der Waals surface area (Å²) >= 11 is 0. The number of aromatic nitrogens is 2. The lowest BCUT2D eigenvalue weighted by atomic mass is 9.95. The molecule has 1 aliphatic rings. The number of rotatable bonds is 4. The molecule has 0 saturated heterocycles. The van der Waals surface area contributed by atoms with E-state index in [2.05, 4.69) is 11.6 Å². The van der Waals surface area contributed by atoms with Gasteiger partial charge in [0.2, 0.25) is 0 Å². The van der Waals surface area contributed by atoms with Crippen molar-refractivity contribution >= 4 is 5.97 Å². The second-order valence-corrected chi connectivity index (χ2v) is 5.78. The molecule has 4 nitrogen and oxygen atoms in total. The Morgan fingerprint density at radius 3 is 2.64 bits per heavy atom. The van der Waals surface area contributed by atoms with Gasteiger partial charge in [-0.1, -0.05) is 19.1 Å². The number of fused-ring (bicyclic) bond motifs is 1. The van der Waals surface area contributed by atoms with Crippen LogP contribution in [-0.2, 0) is 30.5 Å². The number of benzene rings is 1. The minimum atomic E-state index is -0.295. The monoisotopic (exact) mass is 298 g/mol. The predicted molar refractivity (Wildman–Crippen MR) is 85.1 cm³/mol. The van der Waals surface area contributed by atoms with E-state index in [1.165, 1.54) is 43.3 Å². The minimum Gasteiger partial charge on any atom is -0.465 e. The van der Waals surface area contributed by atoms with Crippen molar-refractivity contribution in [3.05, 3.63) is 52.3 Å². The highest BCUT2D eigenvalue weighted by molar-refractivity contribution is 5.89. The van der Waals surface area contributed by atoms with Gasteiger partial charge >= 0.3 is 5.97 Å². The predicted octanol–water partition coefficient (Wildman–Crippen LogP) is 3.16. The maximum atomic E-state index is 11.5. The van der Waals surface area contributed by atoms with Crippen molar-refractivity contribution < 1.29 is 9.53 Å². The molecular weight excluding hydrogens is 276 g/mol. The van der Waals surface area contributed by atoms with Crippen LogP contribution in [0.4, 0.5) is 0 Å². The van der Waals surface area contributed by atoms with Gasteiger partial charge in [0.05, 0.1) is 24.9 Å². The lowest BCUT2D eigenvalue weighted by Gasteiger charge is -2.14. The van der Waals surface area contributed by atoms with E-state index in [1.54, 1.807) is 0 Å². The molecule has 0 amide bonds. The van der Waals surface area contributed by atoms with Crippen LogP contribution in [0.25, 0.3) is 0 Å². The maximum absolute atomic E-state index is 11.5. The van der Waals surface area contributed by atoms with E-state index in [-0.39, 0.29) is 5.97 Å². The summed E-state index contributed by atoms with van der Waals surface area (Å²) in [7, 11) is 1.40. The van der Waals surface area contributed by atoms with Gasteiger partial charge < -0.3 is 4.74 Å². The fraction of sp³-hybridized carbons (Fsp3) is 0.444. The van der Waals surface area contributed by atoms with Gasteiger partial charge in [-0.3, -0.25) is 4.68 Å². The third-order valence-electron chi connectivity index (χ3n) is 4.38. The molecule has 0 spiro atoms. The lowest BCUT2D eigenvalue weighted by molar-refractivity contribution is 0.0600. The van der Waals surface area contributed by atoms with Gasteiger partial charge in [0.25, 0.3) is 0 Å². The van der Waals surface area contributed by atoms with Gasteiger partial charge in [0.1, 0.15) is 0 Å². The highest BCUT2D eigenvalue weighted by Crippen LogP contribution is 2.25. The van der Waals surface area contributed by atoms with Crippen LogP contribution in [0.2, 0.25) is 0 Å². The summed E-state index contributed by atoms with van der Waals surface area (Å²) in [6.45, 7) is 2.94. The largest absolute Gasteiger partial charge is 0.465 e. The van der Waals surface area contributed by atoms with Crippen molar-refractivity contribution in [1.29, 1.82) is 0 Å². The molecule has 22 heavy (non-hydrogen) atoms. The molecule has 116 valence electrons. The summed E-state index contributed by atoms with van der Waals surface area (Å²) in [4.78, 5) is 11.5. The fourth-order valence-corrected chi connectivity index (χ4v) is 3.20. The van der Waals surface area contributed by atoms with Crippen LogP contribution in [0.5, 0.6) is 0 Å². The number of ether oxygens (including phenoxy) is 1. The van der Waals surface area contributed by atoms with Crippen LogP contribution in [0.1, 0.15) is 52.6 Å². The summed E-state index contributed by atoms with van der Waals surface area (Å²) in [6.07, 6.45) is 5.82. The van der Waals surface area contributed by atoms with Gasteiger partial charge in [0, 0.05) is 5.69 Å². The van der Waals surface area contributed by atoms with E-state index in [4.69, 9.17) is 9.84 Å². The molecule has 1 aromatic carbocycles. The number of nitrogens with zero attached hydrogens (tertiary/aromatic N) is 2. The number of carbonyl (C=O) groups is 1. The molecule has 0 saturated carbocycles. The van der Waals surface area contributed by atoms with Crippen molar-refractivity contribution in [2.24, 2.45) is 0 Å². The highest BCUT2D eigenvalue weighted by atomic mass is 16.5. The van der Waals surface area contributed by atoms with E-state index < -0.39 is 0 Å². The summed E-state index contributed by atoms with van der Waals surface area (Å²) < 4.78 is 6.88. The Morgan fingerprint density at radius 1 is 1.23 bits per heavy atom. The first kappa shape index (κ1) is 14.8. The van der Waals surface area contributed by atoms with Gasteiger partial charge in [-0.05, 0) is 55.4 Å². The van der Waals surface area contributed by atoms with Crippen LogP contribution < -0.4 is 0 Å². The first-order valence-electron chi connectivity index (χ1n) is 7.97. The Morgan fingerprint density at radius 2 is 1.95 bits per heavy atom. The Labute approximate surface area is 131 Å². The number of aryl methyl sites for hydroxylation is 1. The maximum Gasteiger partial charge on any atom is 0.337 e. The molecule has 4 heteroatoms. The Bertz CT molecular complexity index is 671. The molecule has 0 fully saturated rings. The molecule has 0 radical (unpaired) electrons. The Balaban J connectivity index is 1.84. The lowest BCUT2D eigenvalue weighted by Crippen LogP contribution is -2.10. The molecule has 0 unspecified atom stereocenters. The van der Waals surface area contributed by atoms with Crippen LogP contribution in [0, 0.1) is 0 Å². The van der Waals surface area contributed by atoms with Crippen molar-refractivity contribution in [2.75, 3.05) is 7.11 Å². The average molecular weight is 298 g/mol. The van der Waals surface area contributed by atoms with E-state index >= 15 is 0 Å². The molecule has 0 bridgehead atoms. The number of hydrogen-bond donors (Lipinski definition) is 0. The van der Waals surface area contributed by atoms with Crippen molar-refractivity contribution in [3.8, 4) is 0 Å². The van der Waals surface area contributed by atoms with Gasteiger partial charge in [-0.2, -0.15) is 5.10 Å². The second kappa shape index (κ2) is 6.34. The summed E-state index contributed by atoms with van der Waals surface area (Å²) in [5, 5.41) is 4.80. The quantitative estimate of drug-likeness (QED) is 0.814. The number of hydrogen-bond acceptors (Lipinski definition) is 3. The Kier molecular flexibility index (Phi) is 4.27. The molecule has 1 aliphatic carbocycles. The average Bonchev–Trinajstić information content (AvgIpc) is 2.93. The van der Waals surface area contributed by atoms with Gasteiger partial charge in [-0.15, -0.1) is 0 Å². The van der Waals surface area contributed by atoms with Crippen LogP contribution in [-0.4, -0.2) is 22.9 Å². The van der Waals surface area contributed by atoms with Gasteiger partial charge in [0.15, 0.2) is 0 Å². The van der Waals surface area contributed by atoms with Crippen LogP contribution in [0.15, 0.2) is 24.3 Å². The number of methoxy groups -OCH3 is 1. The normalized spacial score (nSPS) is 13.7. The van der Waals surface area contributed by atoms with E-state index in [1.807, 2.05) is 24.3 Å². The topological polar surface area (TPSA) is 44.1 Å². The van der Waals surface area contributed by atoms with Crippen molar-refractivity contribution in [3.63, 3.8) is 0 Å². The molecule has 0 aliphatic heterocycles. The highest BCUT2D eigenvalue weighted by Gasteiger charge is 2.19. The summed E-state index contributed by atoms with van der Waals surface area (Å²) in [5.74, 6) is -0.295. The molecule has 2 aromatic rings. The minimum absolute atomic E-state index is 0.295. The summed E-state index contributed by atoms with van der Waals surface area (Å²) in [5.41, 5.74) is 5.87. The smallest absolute Gasteiger partial charge is 0.337 e. The summed E-state index contributed by atoms with van der Waals surface area (Å²) in [6, 6.07) is 7.60. The van der Waals surface area contributed by atoms with Crippen molar-refractivity contribution in [2.45, 2.75) is 45.6 Å². The zero-order valence-corrected chi connectivity index (χ0v) is 13.3. The first-order valence-corrected chi connectivity index (χ1v) is 7.97. The third kappa shape index (κ3) is 2.78. The standard InChI is InChI=1S/C18H22N2O2/c1-3-16-15-6-4-5-7-17(15)20(19-16)12-13-8-10-14(11-9-13)18(21)22-2/h8-11H,3-7,12H2,1-2H3. The molecule has 1 aromatic heterocycles. The third-order valence-corrected chi connectivity index (χ3v) is 4.38. The van der Waals surface area contributed by atoms with Gasteiger partial charge in [-0.25, -0.2) is 4.79 Å². The zero-order chi connectivity index (χ0) is 15.5. The first-order chi connectivity index (χ1) is 10.7. The van der Waals surface area contributed by atoms with Crippen LogP contribution in [0.3, 0.4) is 0 Å². The fourth-order valence-electron chi connectivity index (χ4n) is 3.20. The molecule has 1 heterocycles. The SMILES string of the molecule is CCc1nn(Cc2ccc(C(=O)OC)cc2)c2c1CCCC2. The zero-order valence-electron chi connectivity index (χ0n) is 13.3. The van der Waals surface area contributed by atoms with E-state index in [0.29, 0.717) is 5.56 Å². The number of carbonyl (C=O) groups excluding carboxylic acids is 1. The molecule has 3 rings (SSSR count). The van der Waals surface area contributed by atoms with Crippen LogP contribution >= 0.6 is 0 Å². The van der Waals surface area contributed by atoms with Crippen molar-refractivity contribution in [1.82, 2.24) is 9.78 Å². The van der Waals surface area contributed by atoms with E-state index in [9.17, 15) is 4.79 Å². The molecular formula is C18H22N2O2. The second-order valence-electron chi connectivity index (χ2n) is 5.78.